The van der Waals surface area contributed by atoms with Gasteiger partial charge in [0.15, 0.2) is 0 Å². The number of aromatic nitrogens is 1. The number of benzene rings is 13. The van der Waals surface area contributed by atoms with Gasteiger partial charge in [-0.25, -0.2) is 0 Å². The van der Waals surface area contributed by atoms with Gasteiger partial charge in [0.2, 0.25) is 0 Å². The van der Waals surface area contributed by atoms with Crippen molar-refractivity contribution in [2.24, 2.45) is 0 Å². The SMILES string of the molecule is c1ccc(-c2ccc(-c3ccc(-c4ccc5c(c4)c4cc(-c6ccc(-c7ccc(-c8ccccc8)cc7)cc6)ccc4n5-c4cc(-c5ccc(-c6ccccc6)cc5)cc(-c5ccc(-c6ccccc6)cc5)c4)cc3)cc2)cc1. The van der Waals surface area contributed by atoms with Gasteiger partial charge in [-0.05, 0) is 154 Å². The molecular formula is C78H53N. The summed E-state index contributed by atoms with van der Waals surface area (Å²) in [4.78, 5) is 0. The van der Waals surface area contributed by atoms with Gasteiger partial charge in [-0.15, -0.1) is 0 Å². The van der Waals surface area contributed by atoms with Crippen LogP contribution < -0.4 is 0 Å². The van der Waals surface area contributed by atoms with Gasteiger partial charge in [0.1, 0.15) is 0 Å². The molecule has 0 N–H and O–H groups in total. The molecule has 14 aromatic rings. The average molecular weight is 1000 g/mol. The molecule has 0 aliphatic rings. The minimum atomic E-state index is 1.11. The smallest absolute Gasteiger partial charge is 0.0541 e. The zero-order valence-corrected chi connectivity index (χ0v) is 43.5. The van der Waals surface area contributed by atoms with Crippen LogP contribution in [0.15, 0.2) is 322 Å². The van der Waals surface area contributed by atoms with Crippen LogP contribution in [0.3, 0.4) is 0 Å². The predicted octanol–water partition coefficient (Wildman–Crippen LogP) is 21.5. The molecule has 370 valence electrons. The number of fused-ring (bicyclic) bond motifs is 3. The fourth-order valence-electron chi connectivity index (χ4n) is 11.4. The summed E-state index contributed by atoms with van der Waals surface area (Å²) >= 11 is 0. The molecule has 1 heteroatoms. The van der Waals surface area contributed by atoms with E-state index in [1.54, 1.807) is 0 Å². The molecule has 0 bridgehead atoms. The summed E-state index contributed by atoms with van der Waals surface area (Å²) < 4.78 is 2.48. The van der Waals surface area contributed by atoms with Gasteiger partial charge in [-0.3, -0.25) is 0 Å². The van der Waals surface area contributed by atoms with Crippen molar-refractivity contribution in [3.05, 3.63) is 322 Å². The van der Waals surface area contributed by atoms with Crippen molar-refractivity contribution >= 4 is 21.8 Å². The fraction of sp³-hybridized carbons (Fsp3) is 0. The standard InChI is InChI=1S/C78H53N/c1-5-13-54(14-6-1)58-21-25-62(26-22-58)64-29-37-66(38-30-64)70-45-47-77-75(52-70)76-53-71(67-39-31-65(32-40-67)63-27-23-59(24-28-63)55-15-7-2-8-16-55)46-48-78(76)79(77)74-50-72(68-41-33-60(34-42-68)56-17-9-3-10-18-56)49-73(51-74)69-43-35-61(36-44-69)57-19-11-4-12-20-57/h1-53H. The Morgan fingerprint density at radius 2 is 0.329 bits per heavy atom. The van der Waals surface area contributed by atoms with Crippen molar-refractivity contribution < 1.29 is 0 Å². The molecule has 79 heavy (non-hydrogen) atoms. The summed E-state index contributed by atoms with van der Waals surface area (Å²) in [5, 5.41) is 2.41. The molecule has 0 aliphatic carbocycles. The molecule has 14 rings (SSSR count). The Kier molecular flexibility index (Phi) is 12.3. The van der Waals surface area contributed by atoms with E-state index in [1.807, 2.05) is 0 Å². The highest BCUT2D eigenvalue weighted by atomic mass is 15.0. The van der Waals surface area contributed by atoms with E-state index in [9.17, 15) is 0 Å². The molecule has 0 saturated heterocycles. The van der Waals surface area contributed by atoms with Gasteiger partial charge < -0.3 is 4.57 Å². The zero-order chi connectivity index (χ0) is 52.5. The van der Waals surface area contributed by atoms with Crippen LogP contribution in [0.25, 0.3) is 139 Å². The monoisotopic (exact) mass is 1000 g/mol. The highest BCUT2D eigenvalue weighted by Crippen LogP contribution is 2.41. The number of rotatable bonds is 11. The maximum absolute atomic E-state index is 2.48. The third-order valence-electron chi connectivity index (χ3n) is 15.7. The summed E-state index contributed by atoms with van der Waals surface area (Å²) in [7, 11) is 0. The number of nitrogens with zero attached hydrogens (tertiary/aromatic N) is 1. The van der Waals surface area contributed by atoms with E-state index in [0.29, 0.717) is 0 Å². The average Bonchev–Trinajstić information content (AvgIpc) is 4.14. The molecule has 0 radical (unpaired) electrons. The van der Waals surface area contributed by atoms with Gasteiger partial charge in [-0.2, -0.15) is 0 Å². The summed E-state index contributed by atoms with van der Waals surface area (Å²) in [5.41, 5.74) is 27.3. The van der Waals surface area contributed by atoms with E-state index in [2.05, 4.69) is 326 Å². The van der Waals surface area contributed by atoms with Crippen LogP contribution in [0.2, 0.25) is 0 Å². The molecule has 0 aliphatic heterocycles. The molecule has 0 saturated carbocycles. The highest BCUT2D eigenvalue weighted by molar-refractivity contribution is 6.12. The second kappa shape index (κ2) is 20.7. The minimum Gasteiger partial charge on any atom is -0.309 e. The minimum absolute atomic E-state index is 1.11. The maximum atomic E-state index is 2.48. The van der Waals surface area contributed by atoms with Gasteiger partial charge in [0.05, 0.1) is 11.0 Å². The lowest BCUT2D eigenvalue weighted by molar-refractivity contribution is 1.18. The maximum Gasteiger partial charge on any atom is 0.0541 e. The Morgan fingerprint density at radius 1 is 0.139 bits per heavy atom. The quantitative estimate of drug-likeness (QED) is 0.122. The van der Waals surface area contributed by atoms with E-state index in [0.717, 1.165) is 27.8 Å². The van der Waals surface area contributed by atoms with Crippen molar-refractivity contribution in [1.29, 1.82) is 0 Å². The summed E-state index contributed by atoms with van der Waals surface area (Å²) in [6.45, 7) is 0. The normalized spacial score (nSPS) is 11.3. The van der Waals surface area contributed by atoms with Crippen LogP contribution in [0, 0.1) is 0 Å². The van der Waals surface area contributed by atoms with Crippen molar-refractivity contribution in [2.45, 2.75) is 0 Å². The van der Waals surface area contributed by atoms with Crippen LogP contribution in [-0.2, 0) is 0 Å². The fourth-order valence-corrected chi connectivity index (χ4v) is 11.4. The summed E-state index contributed by atoms with van der Waals surface area (Å²) in [5.74, 6) is 0. The second-order valence-electron chi connectivity index (χ2n) is 20.5. The highest BCUT2D eigenvalue weighted by Gasteiger charge is 2.18. The number of hydrogen-bond donors (Lipinski definition) is 0. The molecule has 0 unspecified atom stereocenters. The van der Waals surface area contributed by atoms with Gasteiger partial charge in [0, 0.05) is 16.5 Å². The lowest BCUT2D eigenvalue weighted by atomic mass is 9.95. The van der Waals surface area contributed by atoms with Crippen LogP contribution in [0.4, 0.5) is 0 Å². The number of hydrogen-bond acceptors (Lipinski definition) is 0. The topological polar surface area (TPSA) is 4.93 Å². The third-order valence-corrected chi connectivity index (χ3v) is 15.7. The molecule has 1 nitrogen and oxygen atoms in total. The van der Waals surface area contributed by atoms with Crippen molar-refractivity contribution in [2.75, 3.05) is 0 Å². The van der Waals surface area contributed by atoms with Crippen LogP contribution in [-0.4, -0.2) is 4.57 Å². The summed E-state index contributed by atoms with van der Waals surface area (Å²) in [6.07, 6.45) is 0. The zero-order valence-electron chi connectivity index (χ0n) is 43.5. The van der Waals surface area contributed by atoms with Gasteiger partial charge in [-0.1, -0.05) is 279 Å². The Morgan fingerprint density at radius 3 is 0.570 bits per heavy atom. The first-order chi connectivity index (χ1) is 39.1. The Labute approximate surface area is 462 Å². The largest absolute Gasteiger partial charge is 0.309 e. The second-order valence-corrected chi connectivity index (χ2v) is 20.5. The van der Waals surface area contributed by atoms with Crippen molar-refractivity contribution in [1.82, 2.24) is 4.57 Å². The van der Waals surface area contributed by atoms with Crippen LogP contribution >= 0.6 is 0 Å². The molecule has 0 fully saturated rings. The van der Waals surface area contributed by atoms with E-state index in [4.69, 9.17) is 0 Å². The molecule has 0 amide bonds. The first-order valence-electron chi connectivity index (χ1n) is 27.2. The Balaban J connectivity index is 0.882. The Hall–Kier alpha value is -10.3. The molecule has 0 atom stereocenters. The van der Waals surface area contributed by atoms with Crippen LogP contribution in [0.5, 0.6) is 0 Å². The first kappa shape index (κ1) is 47.1. The van der Waals surface area contributed by atoms with E-state index < -0.39 is 0 Å². The van der Waals surface area contributed by atoms with Gasteiger partial charge in [0.25, 0.3) is 0 Å². The van der Waals surface area contributed by atoms with Gasteiger partial charge >= 0.3 is 0 Å². The lowest BCUT2D eigenvalue weighted by Gasteiger charge is -2.15. The van der Waals surface area contributed by atoms with Crippen molar-refractivity contribution in [3.8, 4) is 117 Å². The van der Waals surface area contributed by atoms with Crippen molar-refractivity contribution in [3.63, 3.8) is 0 Å². The Bertz CT molecular complexity index is 4120. The molecule has 1 heterocycles. The van der Waals surface area contributed by atoms with Crippen LogP contribution in [0.1, 0.15) is 0 Å². The molecule has 13 aromatic carbocycles. The molecule has 0 spiro atoms. The predicted molar refractivity (Wildman–Crippen MR) is 335 cm³/mol. The molecule has 1 aromatic heterocycles. The lowest BCUT2D eigenvalue weighted by Crippen LogP contribution is -1.96. The third kappa shape index (κ3) is 9.45. The van der Waals surface area contributed by atoms with E-state index in [-0.39, 0.29) is 0 Å². The summed E-state index contributed by atoms with van der Waals surface area (Å²) in [6, 6.07) is 117. The molecular weight excluding hydrogens is 951 g/mol. The van der Waals surface area contributed by atoms with E-state index in [1.165, 1.54) is 111 Å². The van der Waals surface area contributed by atoms with E-state index >= 15 is 0 Å². The first-order valence-corrected chi connectivity index (χ1v) is 27.2.